The summed E-state index contributed by atoms with van der Waals surface area (Å²) in [7, 11) is 0. The molecule has 4 nitrogen and oxygen atoms in total. The van der Waals surface area contributed by atoms with Crippen LogP contribution in [0.2, 0.25) is 5.15 Å². The molecule has 0 spiro atoms. The number of hydrogen-bond acceptors (Lipinski definition) is 3. The Labute approximate surface area is 123 Å². The monoisotopic (exact) mass is 335 g/mol. The van der Waals surface area contributed by atoms with Gasteiger partial charge in [-0.1, -0.05) is 11.6 Å². The van der Waals surface area contributed by atoms with E-state index in [4.69, 9.17) is 16.9 Å². The fourth-order valence-electron chi connectivity index (χ4n) is 1.39. The minimum absolute atomic E-state index is 0.277. The second-order valence-electron chi connectivity index (χ2n) is 3.64. The first-order valence-corrected chi connectivity index (χ1v) is 6.40. The number of halogens is 2. The van der Waals surface area contributed by atoms with Crippen LogP contribution in [0.15, 0.2) is 41.0 Å². The molecule has 19 heavy (non-hydrogen) atoms. The number of carbonyl (C=O) groups excluding carboxylic acids is 1. The number of amides is 1. The highest BCUT2D eigenvalue weighted by atomic mass is 79.9. The van der Waals surface area contributed by atoms with Crippen molar-refractivity contribution in [2.75, 3.05) is 5.32 Å². The summed E-state index contributed by atoms with van der Waals surface area (Å²) >= 11 is 9.00. The normalized spacial score (nSPS) is 9.74. The van der Waals surface area contributed by atoms with Crippen molar-refractivity contribution in [1.82, 2.24) is 4.98 Å². The molecule has 1 heterocycles. The largest absolute Gasteiger partial charge is 0.321 e. The topological polar surface area (TPSA) is 65.8 Å². The second-order valence-corrected chi connectivity index (χ2v) is 4.85. The standard InChI is InChI=1S/C13H7BrClN3O/c14-11-5-10(7-17-12(11)15)18-13(19)9-3-1-8(6-16)2-4-9/h1-5,7H,(H,18,19). The summed E-state index contributed by atoms with van der Waals surface area (Å²) in [6.45, 7) is 0. The zero-order valence-corrected chi connectivity index (χ0v) is 11.9. The van der Waals surface area contributed by atoms with Crippen LogP contribution in [0.1, 0.15) is 15.9 Å². The van der Waals surface area contributed by atoms with Gasteiger partial charge in [0.1, 0.15) is 5.15 Å². The molecule has 1 N–H and O–H groups in total. The van der Waals surface area contributed by atoms with Crippen molar-refractivity contribution >= 4 is 39.1 Å². The van der Waals surface area contributed by atoms with E-state index in [1.54, 1.807) is 30.3 Å². The van der Waals surface area contributed by atoms with Gasteiger partial charge in [-0.15, -0.1) is 0 Å². The van der Waals surface area contributed by atoms with Crippen molar-refractivity contribution in [3.8, 4) is 6.07 Å². The Kier molecular flexibility index (Phi) is 4.15. The van der Waals surface area contributed by atoms with Crippen LogP contribution in [-0.4, -0.2) is 10.9 Å². The number of pyridine rings is 1. The van der Waals surface area contributed by atoms with E-state index in [0.717, 1.165) is 0 Å². The van der Waals surface area contributed by atoms with Gasteiger partial charge in [0, 0.05) is 5.56 Å². The lowest BCUT2D eigenvalue weighted by molar-refractivity contribution is 0.102. The van der Waals surface area contributed by atoms with Gasteiger partial charge in [-0.05, 0) is 46.3 Å². The molecule has 0 fully saturated rings. The molecule has 0 aliphatic carbocycles. The van der Waals surface area contributed by atoms with E-state index in [1.165, 1.54) is 6.20 Å². The van der Waals surface area contributed by atoms with E-state index in [1.807, 2.05) is 6.07 Å². The Bertz CT molecular complexity index is 665. The number of nitrogens with one attached hydrogen (secondary N) is 1. The minimum atomic E-state index is -0.277. The van der Waals surface area contributed by atoms with Gasteiger partial charge in [0.15, 0.2) is 0 Å². The fraction of sp³-hybridized carbons (Fsp3) is 0. The van der Waals surface area contributed by atoms with Gasteiger partial charge in [0.2, 0.25) is 0 Å². The van der Waals surface area contributed by atoms with Gasteiger partial charge in [-0.2, -0.15) is 5.26 Å². The average molecular weight is 337 g/mol. The fourth-order valence-corrected chi connectivity index (χ4v) is 1.84. The SMILES string of the molecule is N#Cc1ccc(C(=O)Nc2cnc(Cl)c(Br)c2)cc1. The predicted octanol–water partition coefficient (Wildman–Crippen LogP) is 3.62. The molecule has 0 unspecified atom stereocenters. The molecule has 0 aliphatic rings. The van der Waals surface area contributed by atoms with Crippen molar-refractivity contribution < 1.29 is 4.79 Å². The number of carbonyl (C=O) groups is 1. The van der Waals surface area contributed by atoms with Gasteiger partial charge < -0.3 is 5.32 Å². The van der Waals surface area contributed by atoms with Crippen molar-refractivity contribution in [2.24, 2.45) is 0 Å². The third-order valence-electron chi connectivity index (χ3n) is 2.33. The number of hydrogen-bond donors (Lipinski definition) is 1. The Morgan fingerprint density at radius 3 is 2.63 bits per heavy atom. The summed E-state index contributed by atoms with van der Waals surface area (Å²) in [4.78, 5) is 15.9. The van der Waals surface area contributed by atoms with Crippen LogP contribution in [0.25, 0.3) is 0 Å². The number of nitrogens with zero attached hydrogens (tertiary/aromatic N) is 2. The number of rotatable bonds is 2. The smallest absolute Gasteiger partial charge is 0.255 e. The Morgan fingerprint density at radius 2 is 2.05 bits per heavy atom. The van der Waals surface area contributed by atoms with Crippen LogP contribution in [0.5, 0.6) is 0 Å². The third kappa shape index (κ3) is 3.31. The first kappa shape index (κ1) is 13.5. The van der Waals surface area contributed by atoms with Gasteiger partial charge >= 0.3 is 0 Å². The van der Waals surface area contributed by atoms with E-state index >= 15 is 0 Å². The Balaban J connectivity index is 2.16. The summed E-state index contributed by atoms with van der Waals surface area (Å²) < 4.78 is 0.604. The Hall–Kier alpha value is -1.90. The molecule has 1 aromatic heterocycles. The van der Waals surface area contributed by atoms with Crippen molar-refractivity contribution in [3.05, 3.63) is 57.3 Å². The molecular weight excluding hydrogens is 330 g/mol. The lowest BCUT2D eigenvalue weighted by atomic mass is 10.1. The van der Waals surface area contributed by atoms with E-state index in [2.05, 4.69) is 26.2 Å². The van der Waals surface area contributed by atoms with Gasteiger partial charge in [-0.3, -0.25) is 4.79 Å². The maximum Gasteiger partial charge on any atom is 0.255 e. The average Bonchev–Trinajstić information content (AvgIpc) is 2.43. The van der Waals surface area contributed by atoms with Gasteiger partial charge in [0.25, 0.3) is 5.91 Å². The molecule has 2 aromatic rings. The molecular formula is C13H7BrClN3O. The highest BCUT2D eigenvalue weighted by Crippen LogP contribution is 2.23. The summed E-state index contributed by atoms with van der Waals surface area (Å²) in [5.41, 5.74) is 1.50. The zero-order valence-electron chi connectivity index (χ0n) is 9.52. The van der Waals surface area contributed by atoms with Crippen LogP contribution < -0.4 is 5.32 Å². The zero-order chi connectivity index (χ0) is 13.8. The quantitative estimate of drug-likeness (QED) is 0.852. The lowest BCUT2D eigenvalue weighted by Gasteiger charge is -2.05. The maximum absolute atomic E-state index is 11.9. The highest BCUT2D eigenvalue weighted by molar-refractivity contribution is 9.10. The van der Waals surface area contributed by atoms with Crippen LogP contribution in [0.3, 0.4) is 0 Å². The van der Waals surface area contributed by atoms with E-state index in [9.17, 15) is 4.79 Å². The van der Waals surface area contributed by atoms with Crippen molar-refractivity contribution in [3.63, 3.8) is 0 Å². The molecule has 0 saturated heterocycles. The molecule has 0 saturated carbocycles. The van der Waals surface area contributed by atoms with Crippen LogP contribution in [-0.2, 0) is 0 Å². The van der Waals surface area contributed by atoms with Gasteiger partial charge in [0.05, 0.1) is 28.0 Å². The molecule has 0 radical (unpaired) electrons. The molecule has 6 heteroatoms. The molecule has 1 amide bonds. The Morgan fingerprint density at radius 1 is 1.37 bits per heavy atom. The molecule has 0 bridgehead atoms. The third-order valence-corrected chi connectivity index (χ3v) is 3.46. The summed E-state index contributed by atoms with van der Waals surface area (Å²) in [5, 5.41) is 11.7. The second kappa shape index (κ2) is 5.83. The molecule has 94 valence electrons. The molecule has 1 aromatic carbocycles. The summed E-state index contributed by atoms with van der Waals surface area (Å²) in [5.74, 6) is -0.277. The molecule has 0 atom stereocenters. The maximum atomic E-state index is 11.9. The summed E-state index contributed by atoms with van der Waals surface area (Å²) in [6.07, 6.45) is 1.47. The summed E-state index contributed by atoms with van der Waals surface area (Å²) in [6, 6.07) is 10.0. The van der Waals surface area contributed by atoms with Crippen LogP contribution in [0, 0.1) is 11.3 Å². The van der Waals surface area contributed by atoms with Crippen LogP contribution in [0.4, 0.5) is 5.69 Å². The number of anilines is 1. The van der Waals surface area contributed by atoms with Crippen molar-refractivity contribution in [2.45, 2.75) is 0 Å². The van der Waals surface area contributed by atoms with Gasteiger partial charge in [-0.25, -0.2) is 4.98 Å². The molecule has 2 rings (SSSR count). The first-order chi connectivity index (χ1) is 9.10. The number of nitriles is 1. The van der Waals surface area contributed by atoms with E-state index < -0.39 is 0 Å². The first-order valence-electron chi connectivity index (χ1n) is 5.22. The number of benzene rings is 1. The lowest BCUT2D eigenvalue weighted by Crippen LogP contribution is -2.12. The number of aromatic nitrogens is 1. The van der Waals surface area contributed by atoms with E-state index in [-0.39, 0.29) is 5.91 Å². The highest BCUT2D eigenvalue weighted by Gasteiger charge is 2.07. The minimum Gasteiger partial charge on any atom is -0.321 e. The van der Waals surface area contributed by atoms with Crippen molar-refractivity contribution in [1.29, 1.82) is 5.26 Å². The predicted molar refractivity (Wildman–Crippen MR) is 76.1 cm³/mol. The van der Waals surface area contributed by atoms with Crippen LogP contribution >= 0.6 is 27.5 Å². The molecule has 0 aliphatic heterocycles. The van der Waals surface area contributed by atoms with E-state index in [0.29, 0.717) is 26.4 Å².